The number of aldehydes is 1. The lowest BCUT2D eigenvalue weighted by Gasteiger charge is -2.32. The van der Waals surface area contributed by atoms with Crippen molar-refractivity contribution in [3.05, 3.63) is 71.8 Å². The number of amides is 3. The summed E-state index contributed by atoms with van der Waals surface area (Å²) in [6.07, 6.45) is 1.51. The molecular weight excluding hydrogens is 536 g/mol. The highest BCUT2D eigenvalue weighted by molar-refractivity contribution is 5.93. The van der Waals surface area contributed by atoms with E-state index in [1.165, 1.54) is 4.90 Å². The summed E-state index contributed by atoms with van der Waals surface area (Å²) in [7, 11) is 0. The van der Waals surface area contributed by atoms with E-state index in [0.717, 1.165) is 11.1 Å². The number of carbonyl (C=O) groups is 4. The molecule has 2 aromatic carbocycles. The van der Waals surface area contributed by atoms with Crippen LogP contribution in [0.25, 0.3) is 0 Å². The first-order chi connectivity index (χ1) is 20.0. The predicted molar refractivity (Wildman–Crippen MR) is 161 cm³/mol. The Hall–Kier alpha value is -4.41. The maximum Gasteiger partial charge on any atom is 0.408 e. The lowest BCUT2D eigenvalue weighted by Crippen LogP contribution is -2.56. The van der Waals surface area contributed by atoms with Gasteiger partial charge in [-0.3, -0.25) is 14.6 Å². The van der Waals surface area contributed by atoms with Gasteiger partial charge in [0.15, 0.2) is 5.96 Å². The zero-order chi connectivity index (χ0) is 30.7. The third-order valence-corrected chi connectivity index (χ3v) is 6.91. The molecular formula is C31H42N6O5. The second-order valence-electron chi connectivity index (χ2n) is 11.4. The van der Waals surface area contributed by atoms with Crippen LogP contribution in [-0.4, -0.2) is 71.9 Å². The second-order valence-corrected chi connectivity index (χ2v) is 11.4. The zero-order valence-electron chi connectivity index (χ0n) is 24.5. The van der Waals surface area contributed by atoms with Gasteiger partial charge in [-0.05, 0) is 51.2 Å². The Morgan fingerprint density at radius 2 is 1.69 bits per heavy atom. The van der Waals surface area contributed by atoms with Crippen LogP contribution in [0.1, 0.15) is 57.1 Å². The van der Waals surface area contributed by atoms with Crippen LogP contribution < -0.4 is 22.1 Å². The fourth-order valence-corrected chi connectivity index (χ4v) is 5.07. The van der Waals surface area contributed by atoms with Gasteiger partial charge in [0.1, 0.15) is 24.0 Å². The quantitative estimate of drug-likeness (QED) is 0.130. The molecule has 1 fully saturated rings. The van der Waals surface area contributed by atoms with Crippen LogP contribution in [0.3, 0.4) is 0 Å². The van der Waals surface area contributed by atoms with Crippen molar-refractivity contribution in [2.45, 2.75) is 76.1 Å². The molecule has 42 heavy (non-hydrogen) atoms. The molecule has 1 heterocycles. The SMILES string of the molecule is CC(C)(C)OC(=O)NC(Cc1ccccc1)C(=O)N1CCC(c2ccccc2)C1C(=O)NC(C=O)CCCN=C(N)N. The number of hydrogen-bond donors (Lipinski definition) is 4. The molecule has 0 saturated carbocycles. The highest BCUT2D eigenvalue weighted by Crippen LogP contribution is 2.34. The number of ether oxygens (including phenoxy) is 1. The maximum atomic E-state index is 14.1. The molecule has 0 aliphatic carbocycles. The molecule has 0 spiro atoms. The summed E-state index contributed by atoms with van der Waals surface area (Å²) in [6.45, 7) is 5.85. The molecule has 4 unspecified atom stereocenters. The highest BCUT2D eigenvalue weighted by Gasteiger charge is 2.45. The smallest absolute Gasteiger partial charge is 0.408 e. The largest absolute Gasteiger partial charge is 0.444 e. The van der Waals surface area contributed by atoms with E-state index in [0.29, 0.717) is 38.6 Å². The monoisotopic (exact) mass is 578 g/mol. The molecule has 1 aliphatic heterocycles. The van der Waals surface area contributed by atoms with Crippen molar-refractivity contribution in [2.24, 2.45) is 16.5 Å². The minimum Gasteiger partial charge on any atom is -0.444 e. The fraction of sp³-hybridized carbons (Fsp3) is 0.452. The molecule has 3 amide bonds. The van der Waals surface area contributed by atoms with Crippen molar-refractivity contribution in [3.63, 3.8) is 0 Å². The minimum absolute atomic E-state index is 0.0439. The average Bonchev–Trinajstić information content (AvgIpc) is 3.39. The van der Waals surface area contributed by atoms with Crippen LogP contribution in [-0.2, 0) is 25.5 Å². The summed E-state index contributed by atoms with van der Waals surface area (Å²) in [5, 5.41) is 5.55. The Balaban J connectivity index is 1.88. The van der Waals surface area contributed by atoms with Gasteiger partial charge in [0, 0.05) is 25.4 Å². The van der Waals surface area contributed by atoms with Crippen LogP contribution in [0.5, 0.6) is 0 Å². The van der Waals surface area contributed by atoms with E-state index in [9.17, 15) is 19.2 Å². The Bertz CT molecular complexity index is 1230. The molecule has 0 radical (unpaired) electrons. The third-order valence-electron chi connectivity index (χ3n) is 6.91. The van der Waals surface area contributed by atoms with Gasteiger partial charge in [-0.2, -0.15) is 0 Å². The van der Waals surface area contributed by atoms with E-state index in [1.807, 2.05) is 60.7 Å². The van der Waals surface area contributed by atoms with Crippen LogP contribution in [0.15, 0.2) is 65.7 Å². The number of guanidine groups is 1. The Kier molecular flexibility index (Phi) is 11.5. The Morgan fingerprint density at radius 1 is 1.05 bits per heavy atom. The maximum absolute atomic E-state index is 14.1. The number of nitrogens with zero attached hydrogens (tertiary/aromatic N) is 2. The van der Waals surface area contributed by atoms with E-state index in [1.54, 1.807) is 20.8 Å². The summed E-state index contributed by atoms with van der Waals surface area (Å²) >= 11 is 0. The van der Waals surface area contributed by atoms with E-state index in [-0.39, 0.29) is 18.3 Å². The summed E-state index contributed by atoms with van der Waals surface area (Å²) in [4.78, 5) is 58.0. The number of carbonyl (C=O) groups excluding carboxylic acids is 4. The summed E-state index contributed by atoms with van der Waals surface area (Å²) in [5.74, 6) is -1.19. The van der Waals surface area contributed by atoms with E-state index in [4.69, 9.17) is 16.2 Å². The first-order valence-corrected chi connectivity index (χ1v) is 14.2. The molecule has 2 aromatic rings. The molecule has 3 rings (SSSR count). The molecule has 1 aliphatic rings. The molecule has 226 valence electrons. The van der Waals surface area contributed by atoms with Gasteiger partial charge in [-0.25, -0.2) is 4.79 Å². The lowest BCUT2D eigenvalue weighted by molar-refractivity contribution is -0.140. The van der Waals surface area contributed by atoms with Crippen molar-refractivity contribution in [1.29, 1.82) is 0 Å². The first kappa shape index (κ1) is 32.1. The van der Waals surface area contributed by atoms with Gasteiger partial charge in [0.25, 0.3) is 0 Å². The molecule has 0 aromatic heterocycles. The second kappa shape index (κ2) is 15.0. The average molecular weight is 579 g/mol. The van der Waals surface area contributed by atoms with E-state index >= 15 is 0 Å². The fourth-order valence-electron chi connectivity index (χ4n) is 5.07. The van der Waals surface area contributed by atoms with Crippen molar-refractivity contribution >= 4 is 30.2 Å². The highest BCUT2D eigenvalue weighted by atomic mass is 16.6. The van der Waals surface area contributed by atoms with E-state index in [2.05, 4.69) is 15.6 Å². The number of nitrogens with one attached hydrogen (secondary N) is 2. The number of nitrogens with two attached hydrogens (primary N) is 2. The third kappa shape index (κ3) is 9.60. The van der Waals surface area contributed by atoms with Crippen molar-refractivity contribution in [1.82, 2.24) is 15.5 Å². The number of likely N-dealkylation sites (tertiary alicyclic amines) is 1. The lowest BCUT2D eigenvalue weighted by atomic mass is 9.90. The molecule has 0 bridgehead atoms. The van der Waals surface area contributed by atoms with Gasteiger partial charge in [0.05, 0.1) is 6.04 Å². The normalized spacial score (nSPS) is 17.9. The number of benzene rings is 2. The van der Waals surface area contributed by atoms with Crippen molar-refractivity contribution in [2.75, 3.05) is 13.1 Å². The topological polar surface area (TPSA) is 169 Å². The standard InChI is InChI=1S/C31H42N6O5/c1-31(2,3)42-30(41)36-25(19-21-11-6-4-7-12-21)28(40)37-18-16-24(22-13-8-5-9-14-22)26(37)27(39)35-23(20-38)15-10-17-34-29(32)33/h4-9,11-14,20,23-26H,10,15-19H2,1-3H3,(H,35,39)(H,36,41)(H4,32,33,34). The molecule has 1 saturated heterocycles. The van der Waals surface area contributed by atoms with Crippen LogP contribution in [0.2, 0.25) is 0 Å². The van der Waals surface area contributed by atoms with Gasteiger partial charge < -0.3 is 36.5 Å². The van der Waals surface area contributed by atoms with E-state index < -0.39 is 41.6 Å². The van der Waals surface area contributed by atoms with Crippen LogP contribution >= 0.6 is 0 Å². The van der Waals surface area contributed by atoms with Crippen LogP contribution in [0, 0.1) is 0 Å². The Labute approximate surface area is 247 Å². The molecule has 11 nitrogen and oxygen atoms in total. The molecule has 6 N–H and O–H groups in total. The minimum atomic E-state index is -0.978. The Morgan fingerprint density at radius 3 is 2.29 bits per heavy atom. The predicted octanol–water partition coefficient (Wildman–Crippen LogP) is 2.24. The summed E-state index contributed by atoms with van der Waals surface area (Å²) < 4.78 is 5.45. The van der Waals surface area contributed by atoms with Crippen molar-refractivity contribution in [3.8, 4) is 0 Å². The first-order valence-electron chi connectivity index (χ1n) is 14.2. The number of aliphatic imine (C=N–C) groups is 1. The molecule has 11 heteroatoms. The van der Waals surface area contributed by atoms with Gasteiger partial charge in [-0.1, -0.05) is 60.7 Å². The van der Waals surface area contributed by atoms with Gasteiger partial charge in [0.2, 0.25) is 11.8 Å². The zero-order valence-corrected chi connectivity index (χ0v) is 24.5. The van der Waals surface area contributed by atoms with Crippen molar-refractivity contribution < 1.29 is 23.9 Å². The summed E-state index contributed by atoms with van der Waals surface area (Å²) in [5.41, 5.74) is 11.7. The number of rotatable bonds is 12. The summed E-state index contributed by atoms with van der Waals surface area (Å²) in [6, 6.07) is 16.2. The van der Waals surface area contributed by atoms with Gasteiger partial charge in [-0.15, -0.1) is 0 Å². The van der Waals surface area contributed by atoms with Crippen LogP contribution in [0.4, 0.5) is 4.79 Å². The number of hydrogen-bond acceptors (Lipinski definition) is 6. The molecule has 4 atom stereocenters. The van der Waals surface area contributed by atoms with Gasteiger partial charge >= 0.3 is 6.09 Å². The number of alkyl carbamates (subject to hydrolysis) is 1.